The van der Waals surface area contributed by atoms with Crippen LogP contribution in [0.3, 0.4) is 0 Å². The molecular weight excluding hydrogens is 214 g/mol. The molecule has 0 aliphatic rings. The standard InChI is InChI=1S/C13H19N3O/c1-5-17-11-7-6-10-13(15-11)16-12(14-10)9(4)8(2)3/h6-9H,5H2,1-4H3,(H,14,15,16). The van der Waals surface area contributed by atoms with Gasteiger partial charge in [-0.25, -0.2) is 4.98 Å². The van der Waals surface area contributed by atoms with E-state index < -0.39 is 0 Å². The summed E-state index contributed by atoms with van der Waals surface area (Å²) in [5.41, 5.74) is 1.70. The van der Waals surface area contributed by atoms with Crippen LogP contribution in [0.5, 0.6) is 5.88 Å². The van der Waals surface area contributed by atoms with Crippen molar-refractivity contribution in [3.63, 3.8) is 0 Å². The quantitative estimate of drug-likeness (QED) is 0.882. The Morgan fingerprint density at radius 1 is 1.24 bits per heavy atom. The highest BCUT2D eigenvalue weighted by Crippen LogP contribution is 2.23. The van der Waals surface area contributed by atoms with Crippen molar-refractivity contribution in [1.82, 2.24) is 15.0 Å². The number of aromatic nitrogens is 3. The number of aromatic amines is 1. The third-order valence-corrected chi connectivity index (χ3v) is 3.06. The van der Waals surface area contributed by atoms with E-state index in [2.05, 4.69) is 35.7 Å². The molecule has 0 aliphatic carbocycles. The Morgan fingerprint density at radius 3 is 2.65 bits per heavy atom. The van der Waals surface area contributed by atoms with E-state index in [1.54, 1.807) is 0 Å². The van der Waals surface area contributed by atoms with Gasteiger partial charge in [-0.1, -0.05) is 20.8 Å². The van der Waals surface area contributed by atoms with Gasteiger partial charge >= 0.3 is 0 Å². The molecule has 2 aromatic heterocycles. The molecule has 2 heterocycles. The number of nitrogens with one attached hydrogen (secondary N) is 1. The van der Waals surface area contributed by atoms with Gasteiger partial charge in [0.25, 0.3) is 0 Å². The minimum atomic E-state index is 0.403. The molecule has 4 heteroatoms. The van der Waals surface area contributed by atoms with Crippen LogP contribution in [0.4, 0.5) is 0 Å². The number of ether oxygens (including phenoxy) is 1. The number of rotatable bonds is 4. The van der Waals surface area contributed by atoms with Gasteiger partial charge in [0.05, 0.1) is 12.1 Å². The molecule has 2 rings (SSSR count). The van der Waals surface area contributed by atoms with E-state index >= 15 is 0 Å². The Hall–Kier alpha value is -1.58. The van der Waals surface area contributed by atoms with E-state index in [0.717, 1.165) is 17.0 Å². The second kappa shape index (κ2) is 4.73. The van der Waals surface area contributed by atoms with Gasteiger partial charge in [-0.05, 0) is 18.9 Å². The van der Waals surface area contributed by atoms with E-state index in [1.807, 2.05) is 19.1 Å². The summed E-state index contributed by atoms with van der Waals surface area (Å²) in [7, 11) is 0. The van der Waals surface area contributed by atoms with Crippen molar-refractivity contribution in [3.05, 3.63) is 18.0 Å². The molecule has 0 aliphatic heterocycles. The van der Waals surface area contributed by atoms with Crippen LogP contribution >= 0.6 is 0 Å². The molecule has 4 nitrogen and oxygen atoms in total. The lowest BCUT2D eigenvalue weighted by atomic mass is 9.98. The molecule has 1 unspecified atom stereocenters. The fraction of sp³-hybridized carbons (Fsp3) is 0.538. The zero-order valence-corrected chi connectivity index (χ0v) is 10.8. The molecule has 0 amide bonds. The zero-order chi connectivity index (χ0) is 12.4. The van der Waals surface area contributed by atoms with E-state index in [-0.39, 0.29) is 0 Å². The summed E-state index contributed by atoms with van der Waals surface area (Å²) in [4.78, 5) is 12.2. The van der Waals surface area contributed by atoms with Crippen LogP contribution in [-0.4, -0.2) is 21.6 Å². The largest absolute Gasteiger partial charge is 0.478 e. The molecular formula is C13H19N3O. The second-order valence-electron chi connectivity index (χ2n) is 4.61. The van der Waals surface area contributed by atoms with Crippen molar-refractivity contribution in [3.8, 4) is 5.88 Å². The van der Waals surface area contributed by atoms with Crippen molar-refractivity contribution >= 4 is 11.2 Å². The molecule has 0 fully saturated rings. The van der Waals surface area contributed by atoms with Gasteiger partial charge in [0, 0.05) is 12.0 Å². The van der Waals surface area contributed by atoms with Crippen LogP contribution in [0.15, 0.2) is 12.1 Å². The van der Waals surface area contributed by atoms with Crippen molar-refractivity contribution < 1.29 is 4.74 Å². The minimum absolute atomic E-state index is 0.403. The van der Waals surface area contributed by atoms with E-state index in [0.29, 0.717) is 24.3 Å². The van der Waals surface area contributed by atoms with Gasteiger partial charge in [0.1, 0.15) is 5.82 Å². The Bertz CT molecular complexity index is 504. The number of hydrogen-bond acceptors (Lipinski definition) is 3. The first-order valence-corrected chi connectivity index (χ1v) is 6.11. The number of pyridine rings is 1. The Balaban J connectivity index is 2.36. The number of hydrogen-bond donors (Lipinski definition) is 1. The molecule has 17 heavy (non-hydrogen) atoms. The summed E-state index contributed by atoms with van der Waals surface area (Å²) in [6.07, 6.45) is 0. The molecule has 2 aromatic rings. The van der Waals surface area contributed by atoms with E-state index in [1.165, 1.54) is 0 Å². The SMILES string of the molecule is CCOc1ccc2[nH]c(C(C)C(C)C)nc2n1. The van der Waals surface area contributed by atoms with E-state index in [4.69, 9.17) is 4.74 Å². The van der Waals surface area contributed by atoms with Crippen LogP contribution in [0.25, 0.3) is 11.2 Å². The lowest BCUT2D eigenvalue weighted by Gasteiger charge is -2.11. The highest BCUT2D eigenvalue weighted by atomic mass is 16.5. The van der Waals surface area contributed by atoms with Gasteiger partial charge in [-0.15, -0.1) is 0 Å². The number of nitrogens with zero attached hydrogens (tertiary/aromatic N) is 2. The normalized spacial score (nSPS) is 13.2. The minimum Gasteiger partial charge on any atom is -0.478 e. The van der Waals surface area contributed by atoms with Gasteiger partial charge in [0.15, 0.2) is 5.65 Å². The maximum absolute atomic E-state index is 5.37. The average Bonchev–Trinajstić information content (AvgIpc) is 2.71. The molecule has 1 N–H and O–H groups in total. The zero-order valence-electron chi connectivity index (χ0n) is 10.8. The number of H-pyrrole nitrogens is 1. The van der Waals surface area contributed by atoms with Crippen LogP contribution in [0.1, 0.15) is 39.4 Å². The smallest absolute Gasteiger partial charge is 0.215 e. The van der Waals surface area contributed by atoms with Gasteiger partial charge in [-0.2, -0.15) is 4.98 Å². The molecule has 0 radical (unpaired) electrons. The number of imidazole rings is 1. The highest BCUT2D eigenvalue weighted by molar-refractivity contribution is 5.71. The summed E-state index contributed by atoms with van der Waals surface area (Å²) < 4.78 is 5.37. The van der Waals surface area contributed by atoms with Crippen molar-refractivity contribution in [2.45, 2.75) is 33.6 Å². The first-order chi connectivity index (χ1) is 8.11. The van der Waals surface area contributed by atoms with Crippen molar-refractivity contribution in [2.24, 2.45) is 5.92 Å². The lowest BCUT2D eigenvalue weighted by Crippen LogP contribution is -2.03. The molecule has 1 atom stereocenters. The van der Waals surface area contributed by atoms with Gasteiger partial charge in [-0.3, -0.25) is 0 Å². The van der Waals surface area contributed by atoms with Crippen LogP contribution in [-0.2, 0) is 0 Å². The lowest BCUT2D eigenvalue weighted by molar-refractivity contribution is 0.328. The molecule has 0 saturated heterocycles. The topological polar surface area (TPSA) is 50.8 Å². The van der Waals surface area contributed by atoms with Crippen LogP contribution in [0.2, 0.25) is 0 Å². The van der Waals surface area contributed by atoms with Crippen LogP contribution < -0.4 is 4.74 Å². The summed E-state index contributed by atoms with van der Waals surface area (Å²) in [6.45, 7) is 9.13. The predicted octanol–water partition coefficient (Wildman–Crippen LogP) is 3.12. The summed E-state index contributed by atoms with van der Waals surface area (Å²) >= 11 is 0. The maximum atomic E-state index is 5.37. The molecule has 0 saturated carbocycles. The monoisotopic (exact) mass is 233 g/mol. The maximum Gasteiger partial charge on any atom is 0.215 e. The highest BCUT2D eigenvalue weighted by Gasteiger charge is 2.15. The summed E-state index contributed by atoms with van der Waals surface area (Å²) in [5, 5.41) is 0. The second-order valence-corrected chi connectivity index (χ2v) is 4.61. The first-order valence-electron chi connectivity index (χ1n) is 6.11. The fourth-order valence-corrected chi connectivity index (χ4v) is 1.65. The van der Waals surface area contributed by atoms with Gasteiger partial charge in [0.2, 0.25) is 5.88 Å². The Labute approximate surface area is 101 Å². The molecule has 92 valence electrons. The first kappa shape index (κ1) is 11.9. The Morgan fingerprint density at radius 2 is 2.00 bits per heavy atom. The Kier molecular flexibility index (Phi) is 3.31. The summed E-state index contributed by atoms with van der Waals surface area (Å²) in [6, 6.07) is 3.84. The van der Waals surface area contributed by atoms with Gasteiger partial charge < -0.3 is 9.72 Å². The fourth-order valence-electron chi connectivity index (χ4n) is 1.65. The van der Waals surface area contributed by atoms with E-state index in [9.17, 15) is 0 Å². The molecule has 0 bridgehead atoms. The van der Waals surface area contributed by atoms with Crippen molar-refractivity contribution in [1.29, 1.82) is 0 Å². The van der Waals surface area contributed by atoms with Crippen LogP contribution in [0, 0.1) is 5.92 Å². The third kappa shape index (κ3) is 2.40. The predicted molar refractivity (Wildman–Crippen MR) is 68.3 cm³/mol. The van der Waals surface area contributed by atoms with Crippen molar-refractivity contribution in [2.75, 3.05) is 6.61 Å². The molecule has 0 aromatic carbocycles. The third-order valence-electron chi connectivity index (χ3n) is 3.06. The average molecular weight is 233 g/mol. The molecule has 0 spiro atoms. The summed E-state index contributed by atoms with van der Waals surface area (Å²) in [5.74, 6) is 2.59. The number of fused-ring (bicyclic) bond motifs is 1.